The van der Waals surface area contributed by atoms with E-state index in [-0.39, 0.29) is 10.8 Å². The number of nitrogens with one attached hydrogen (secondary N) is 1. The minimum Gasteiger partial charge on any atom is -0.497 e. The average Bonchev–Trinajstić information content (AvgIpc) is 3.28. The zero-order valence-corrected chi connectivity index (χ0v) is 21.2. The number of pyridine rings is 1. The summed E-state index contributed by atoms with van der Waals surface area (Å²) in [6.45, 7) is 0. The van der Waals surface area contributed by atoms with Crippen molar-refractivity contribution in [3.63, 3.8) is 0 Å². The predicted octanol–water partition coefficient (Wildman–Crippen LogP) is 5.18. The van der Waals surface area contributed by atoms with Crippen LogP contribution < -0.4 is 14.8 Å². The Balaban J connectivity index is 1.56. The molecule has 0 aliphatic rings. The summed E-state index contributed by atoms with van der Waals surface area (Å²) in [5.74, 6) is 0.852. The molecule has 5 aromatic rings. The van der Waals surface area contributed by atoms with Crippen molar-refractivity contribution in [3.05, 3.63) is 72.3 Å². The number of anilines is 1. The van der Waals surface area contributed by atoms with E-state index in [1.54, 1.807) is 44.6 Å². The summed E-state index contributed by atoms with van der Waals surface area (Å²) < 4.78 is 35.3. The Morgan fingerprint density at radius 2 is 1.72 bits per heavy atom. The number of nitrogens with zero attached hydrogens (tertiary/aromatic N) is 2. The largest absolute Gasteiger partial charge is 0.497 e. The Bertz CT molecular complexity index is 1750. The summed E-state index contributed by atoms with van der Waals surface area (Å²) in [4.78, 5) is 22.9. The van der Waals surface area contributed by atoms with Crippen LogP contribution in [0.15, 0.2) is 71.6 Å². The van der Waals surface area contributed by atoms with Gasteiger partial charge in [-0.1, -0.05) is 29.5 Å². The number of ether oxygens (including phenoxy) is 2. The molecule has 0 aliphatic heterocycles. The van der Waals surface area contributed by atoms with Gasteiger partial charge in [-0.3, -0.25) is 10.1 Å². The second kappa shape index (κ2) is 9.21. The monoisotopic (exact) mass is 519 g/mol. The minimum absolute atomic E-state index is 0.203. The summed E-state index contributed by atoms with van der Waals surface area (Å²) in [7, 11) is -0.207. The van der Waals surface area contributed by atoms with Crippen molar-refractivity contribution in [1.29, 1.82) is 0 Å². The number of carbonyl (C=O) groups excluding carboxylic acids is 1. The second-order valence-corrected chi connectivity index (χ2v) is 11.1. The van der Waals surface area contributed by atoms with E-state index in [1.807, 2.05) is 30.3 Å². The van der Waals surface area contributed by atoms with Crippen LogP contribution in [0.2, 0.25) is 0 Å². The molecule has 0 fully saturated rings. The lowest BCUT2D eigenvalue weighted by Crippen LogP contribution is -2.13. The molecular formula is C26H21N3O5S2. The molecule has 2 aromatic heterocycles. The lowest BCUT2D eigenvalue weighted by Gasteiger charge is -2.13. The van der Waals surface area contributed by atoms with Gasteiger partial charge in [0.15, 0.2) is 15.0 Å². The van der Waals surface area contributed by atoms with Gasteiger partial charge in [0.1, 0.15) is 11.5 Å². The normalized spacial score (nSPS) is 11.5. The van der Waals surface area contributed by atoms with E-state index in [2.05, 4.69) is 10.3 Å². The second-order valence-electron chi connectivity index (χ2n) is 8.01. The highest BCUT2D eigenvalue weighted by atomic mass is 32.2. The molecule has 0 saturated carbocycles. The fraction of sp³-hybridized carbons (Fsp3) is 0.115. The Morgan fingerprint density at radius 3 is 2.47 bits per heavy atom. The van der Waals surface area contributed by atoms with Crippen molar-refractivity contribution < 1.29 is 22.7 Å². The van der Waals surface area contributed by atoms with Crippen molar-refractivity contribution in [2.45, 2.75) is 4.90 Å². The third kappa shape index (κ3) is 4.48. The zero-order valence-electron chi connectivity index (χ0n) is 19.6. The molecule has 0 spiro atoms. The number of fused-ring (bicyclic) bond motifs is 2. The van der Waals surface area contributed by atoms with Gasteiger partial charge in [0.2, 0.25) is 0 Å². The van der Waals surface area contributed by atoms with Gasteiger partial charge in [0.25, 0.3) is 5.91 Å². The van der Waals surface area contributed by atoms with Crippen LogP contribution in [-0.4, -0.2) is 44.8 Å². The van der Waals surface area contributed by atoms with E-state index in [9.17, 15) is 13.2 Å². The van der Waals surface area contributed by atoms with Gasteiger partial charge in [-0.25, -0.2) is 18.4 Å². The van der Waals surface area contributed by atoms with Crippen molar-refractivity contribution in [2.75, 3.05) is 25.8 Å². The van der Waals surface area contributed by atoms with Crippen LogP contribution in [0, 0.1) is 0 Å². The number of aromatic nitrogens is 2. The molecule has 1 amide bonds. The van der Waals surface area contributed by atoms with E-state index in [0.717, 1.165) is 6.26 Å². The lowest BCUT2D eigenvalue weighted by molar-refractivity contribution is 0.102. The number of hydrogen-bond donors (Lipinski definition) is 1. The predicted molar refractivity (Wildman–Crippen MR) is 141 cm³/mol. The van der Waals surface area contributed by atoms with Crippen LogP contribution in [0.5, 0.6) is 11.5 Å². The fourth-order valence-corrected chi connectivity index (χ4v) is 5.49. The number of methoxy groups -OCH3 is 2. The lowest BCUT2D eigenvalue weighted by atomic mass is 10.0. The molecule has 182 valence electrons. The highest BCUT2D eigenvalue weighted by Crippen LogP contribution is 2.35. The quantitative estimate of drug-likeness (QED) is 0.329. The van der Waals surface area contributed by atoms with Crippen molar-refractivity contribution in [3.8, 4) is 22.8 Å². The Morgan fingerprint density at radius 1 is 0.917 bits per heavy atom. The van der Waals surface area contributed by atoms with Crippen molar-refractivity contribution in [2.24, 2.45) is 0 Å². The first-order valence-corrected chi connectivity index (χ1v) is 13.5. The molecule has 2 heterocycles. The molecule has 0 aliphatic carbocycles. The average molecular weight is 520 g/mol. The van der Waals surface area contributed by atoms with Crippen molar-refractivity contribution in [1.82, 2.24) is 9.97 Å². The molecule has 0 unspecified atom stereocenters. The fourth-order valence-electron chi connectivity index (χ4n) is 3.86. The number of amides is 1. The summed E-state index contributed by atoms with van der Waals surface area (Å²) in [6.07, 6.45) is 1.15. The Labute approximate surface area is 211 Å². The van der Waals surface area contributed by atoms with E-state index >= 15 is 0 Å². The number of carbonyl (C=O) groups is 1. The number of thiazole rings is 1. The summed E-state index contributed by atoms with van der Waals surface area (Å²) in [5.41, 5.74) is 2.96. The highest BCUT2D eigenvalue weighted by molar-refractivity contribution is 7.90. The topological polar surface area (TPSA) is 107 Å². The molecule has 5 rings (SSSR count). The van der Waals surface area contributed by atoms with Crippen LogP contribution in [0.4, 0.5) is 5.13 Å². The number of benzene rings is 3. The molecular weight excluding hydrogens is 498 g/mol. The van der Waals surface area contributed by atoms with Crippen LogP contribution in [0.3, 0.4) is 0 Å². The number of sulfone groups is 1. The van der Waals surface area contributed by atoms with Gasteiger partial charge >= 0.3 is 0 Å². The van der Waals surface area contributed by atoms with E-state index in [1.165, 1.54) is 17.4 Å². The van der Waals surface area contributed by atoms with Crippen molar-refractivity contribution >= 4 is 53.3 Å². The van der Waals surface area contributed by atoms with Gasteiger partial charge in [0, 0.05) is 23.3 Å². The maximum atomic E-state index is 13.5. The number of rotatable bonds is 6. The third-order valence-corrected chi connectivity index (χ3v) is 7.70. The van der Waals surface area contributed by atoms with Gasteiger partial charge in [-0.2, -0.15) is 0 Å². The van der Waals surface area contributed by atoms with E-state index < -0.39 is 9.84 Å². The van der Waals surface area contributed by atoms with Crippen LogP contribution in [0.25, 0.3) is 32.4 Å². The number of hydrogen-bond acceptors (Lipinski definition) is 8. The summed E-state index contributed by atoms with van der Waals surface area (Å²) in [6, 6.07) is 19.2. The molecule has 8 nitrogen and oxygen atoms in total. The smallest absolute Gasteiger partial charge is 0.258 e. The first-order valence-electron chi connectivity index (χ1n) is 10.8. The molecule has 36 heavy (non-hydrogen) atoms. The Hall–Kier alpha value is -4.02. The molecule has 3 aromatic carbocycles. The number of para-hydroxylation sites is 1. The maximum Gasteiger partial charge on any atom is 0.258 e. The molecule has 1 N–H and O–H groups in total. The maximum absolute atomic E-state index is 13.5. The summed E-state index contributed by atoms with van der Waals surface area (Å²) in [5, 5.41) is 3.92. The van der Waals surface area contributed by atoms with E-state index in [4.69, 9.17) is 14.5 Å². The Kier molecular flexibility index (Phi) is 6.07. The standard InChI is InChI=1S/C26H21N3O5S2/c1-33-15-8-10-18(23(12-15)34-2)22-14-19(17-6-4-5-7-20(17)27-22)25(30)29-26-28-21-11-9-16(36(3,31)32)13-24(21)35-26/h4-14H,1-3H3,(H,28,29,30). The summed E-state index contributed by atoms with van der Waals surface area (Å²) >= 11 is 1.21. The van der Waals surface area contributed by atoms with Gasteiger partial charge in [-0.05, 0) is 42.5 Å². The SMILES string of the molecule is COc1ccc(-c2cc(C(=O)Nc3nc4ccc(S(C)(=O)=O)cc4s3)c3ccccc3n2)c(OC)c1. The van der Waals surface area contributed by atoms with E-state index in [0.29, 0.717) is 54.6 Å². The molecule has 0 radical (unpaired) electrons. The van der Waals surface area contributed by atoms with Crippen LogP contribution in [0.1, 0.15) is 10.4 Å². The van der Waals surface area contributed by atoms with Gasteiger partial charge in [0.05, 0.1) is 46.1 Å². The van der Waals surface area contributed by atoms with Crippen LogP contribution in [-0.2, 0) is 9.84 Å². The van der Waals surface area contributed by atoms with Crippen LogP contribution >= 0.6 is 11.3 Å². The van der Waals surface area contributed by atoms with Gasteiger partial charge in [-0.15, -0.1) is 0 Å². The first-order chi connectivity index (χ1) is 17.3. The third-order valence-electron chi connectivity index (χ3n) is 5.65. The molecule has 0 bridgehead atoms. The zero-order chi connectivity index (χ0) is 25.4. The first kappa shape index (κ1) is 23.7. The minimum atomic E-state index is -3.35. The molecule has 0 atom stereocenters. The van der Waals surface area contributed by atoms with Gasteiger partial charge < -0.3 is 9.47 Å². The molecule has 0 saturated heterocycles. The highest BCUT2D eigenvalue weighted by Gasteiger charge is 2.18. The molecule has 10 heteroatoms.